The largest absolute Gasteiger partial charge is 0.390 e. The van der Waals surface area contributed by atoms with Crippen LogP contribution in [-0.4, -0.2) is 23.4 Å². The van der Waals surface area contributed by atoms with Crippen molar-refractivity contribution in [3.05, 3.63) is 0 Å². The lowest BCUT2D eigenvalue weighted by Gasteiger charge is -2.42. The van der Waals surface area contributed by atoms with E-state index < -0.39 is 5.60 Å². The van der Waals surface area contributed by atoms with Crippen molar-refractivity contribution in [2.75, 3.05) is 6.61 Å². The molecular weight excluding hydrogens is 212 g/mol. The lowest BCUT2D eigenvalue weighted by Crippen LogP contribution is -2.43. The first kappa shape index (κ1) is 13.4. The molecule has 0 spiro atoms. The molecule has 0 aromatic carbocycles. The Morgan fingerprint density at radius 1 is 1.24 bits per heavy atom. The van der Waals surface area contributed by atoms with E-state index in [0.717, 1.165) is 32.3 Å². The Hall–Kier alpha value is -0.0800. The Balaban J connectivity index is 1.75. The predicted octanol–water partition coefficient (Wildman–Crippen LogP) is 3.52. The SMILES string of the molecule is CC1CCCC(O)(CCCC2CCCO2)C1C. The zero-order valence-corrected chi connectivity index (χ0v) is 11.5. The first-order valence-electron chi connectivity index (χ1n) is 7.46. The fourth-order valence-electron chi connectivity index (χ4n) is 3.60. The molecule has 4 atom stereocenters. The summed E-state index contributed by atoms with van der Waals surface area (Å²) in [6.07, 6.45) is 9.66. The maximum atomic E-state index is 10.7. The van der Waals surface area contributed by atoms with Crippen LogP contribution >= 0.6 is 0 Å². The Morgan fingerprint density at radius 3 is 2.76 bits per heavy atom. The van der Waals surface area contributed by atoms with Gasteiger partial charge < -0.3 is 9.84 Å². The molecule has 0 aromatic rings. The molecule has 2 aliphatic rings. The van der Waals surface area contributed by atoms with E-state index in [-0.39, 0.29) is 0 Å². The van der Waals surface area contributed by atoms with Gasteiger partial charge in [-0.15, -0.1) is 0 Å². The van der Waals surface area contributed by atoms with Crippen LogP contribution in [0.1, 0.15) is 65.2 Å². The molecule has 2 nitrogen and oxygen atoms in total. The highest BCUT2D eigenvalue weighted by molar-refractivity contribution is 4.90. The minimum atomic E-state index is -0.393. The minimum absolute atomic E-state index is 0.393. The molecule has 1 N–H and O–H groups in total. The molecule has 17 heavy (non-hydrogen) atoms. The van der Waals surface area contributed by atoms with Gasteiger partial charge in [0.2, 0.25) is 0 Å². The van der Waals surface area contributed by atoms with Crippen LogP contribution in [0.15, 0.2) is 0 Å². The predicted molar refractivity (Wildman–Crippen MR) is 70.0 cm³/mol. The highest BCUT2D eigenvalue weighted by Gasteiger charge is 2.39. The van der Waals surface area contributed by atoms with Crippen molar-refractivity contribution in [1.29, 1.82) is 0 Å². The summed E-state index contributed by atoms with van der Waals surface area (Å²) >= 11 is 0. The van der Waals surface area contributed by atoms with Crippen LogP contribution in [0.4, 0.5) is 0 Å². The number of rotatable bonds is 4. The van der Waals surface area contributed by atoms with Crippen LogP contribution in [0, 0.1) is 11.8 Å². The monoisotopic (exact) mass is 240 g/mol. The zero-order chi connectivity index (χ0) is 12.3. The Bertz CT molecular complexity index is 235. The first-order chi connectivity index (χ1) is 8.12. The first-order valence-corrected chi connectivity index (χ1v) is 7.46. The topological polar surface area (TPSA) is 29.5 Å². The van der Waals surface area contributed by atoms with E-state index in [0.29, 0.717) is 17.9 Å². The molecule has 4 unspecified atom stereocenters. The molecule has 0 aromatic heterocycles. The fourth-order valence-corrected chi connectivity index (χ4v) is 3.60. The van der Waals surface area contributed by atoms with Crippen molar-refractivity contribution < 1.29 is 9.84 Å². The molecule has 0 radical (unpaired) electrons. The molecule has 2 heteroatoms. The number of aliphatic hydroxyl groups is 1. The highest BCUT2D eigenvalue weighted by atomic mass is 16.5. The number of hydrogen-bond donors (Lipinski definition) is 1. The van der Waals surface area contributed by atoms with Gasteiger partial charge in [-0.05, 0) is 50.4 Å². The van der Waals surface area contributed by atoms with Gasteiger partial charge in [-0.1, -0.05) is 26.7 Å². The molecule has 1 saturated carbocycles. The Labute approximate surface area is 106 Å². The van der Waals surface area contributed by atoms with Gasteiger partial charge >= 0.3 is 0 Å². The van der Waals surface area contributed by atoms with Crippen molar-refractivity contribution in [3.63, 3.8) is 0 Å². The van der Waals surface area contributed by atoms with Gasteiger partial charge in [0.15, 0.2) is 0 Å². The Kier molecular flexibility index (Phi) is 4.48. The van der Waals surface area contributed by atoms with Crippen LogP contribution in [0.5, 0.6) is 0 Å². The summed E-state index contributed by atoms with van der Waals surface area (Å²) in [5.74, 6) is 1.14. The van der Waals surface area contributed by atoms with E-state index in [1.807, 2.05) is 0 Å². The van der Waals surface area contributed by atoms with Crippen molar-refractivity contribution in [3.8, 4) is 0 Å². The summed E-state index contributed by atoms with van der Waals surface area (Å²) in [6.45, 7) is 5.47. The molecule has 0 amide bonds. The molecule has 1 aliphatic heterocycles. The molecule has 1 heterocycles. The molecule has 0 bridgehead atoms. The maximum absolute atomic E-state index is 10.7. The quantitative estimate of drug-likeness (QED) is 0.814. The van der Waals surface area contributed by atoms with Gasteiger partial charge in [0.1, 0.15) is 0 Å². The van der Waals surface area contributed by atoms with Crippen LogP contribution in [0.2, 0.25) is 0 Å². The van der Waals surface area contributed by atoms with Crippen LogP contribution in [0.25, 0.3) is 0 Å². The second kappa shape index (κ2) is 5.71. The van der Waals surface area contributed by atoms with Gasteiger partial charge in [-0.2, -0.15) is 0 Å². The van der Waals surface area contributed by atoms with Gasteiger partial charge in [0.05, 0.1) is 11.7 Å². The summed E-state index contributed by atoms with van der Waals surface area (Å²) in [4.78, 5) is 0. The second-order valence-electron chi connectivity index (χ2n) is 6.29. The summed E-state index contributed by atoms with van der Waals surface area (Å²) in [5, 5.41) is 10.7. The van der Waals surface area contributed by atoms with E-state index in [2.05, 4.69) is 13.8 Å². The highest BCUT2D eigenvalue weighted by Crippen LogP contribution is 2.40. The van der Waals surface area contributed by atoms with E-state index in [1.165, 1.54) is 25.7 Å². The van der Waals surface area contributed by atoms with Crippen LogP contribution in [0.3, 0.4) is 0 Å². The van der Waals surface area contributed by atoms with E-state index in [1.54, 1.807) is 0 Å². The van der Waals surface area contributed by atoms with E-state index >= 15 is 0 Å². The molecule has 1 saturated heterocycles. The standard InChI is InChI=1S/C15H28O2/c1-12-6-3-9-15(16,13(12)2)10-4-7-14-8-5-11-17-14/h12-14,16H,3-11H2,1-2H3. The molecule has 100 valence electrons. The maximum Gasteiger partial charge on any atom is 0.0675 e. The number of ether oxygens (including phenoxy) is 1. The lowest BCUT2D eigenvalue weighted by atomic mass is 9.68. The fraction of sp³-hybridized carbons (Fsp3) is 1.00. The summed E-state index contributed by atoms with van der Waals surface area (Å²) in [6, 6.07) is 0. The van der Waals surface area contributed by atoms with E-state index in [9.17, 15) is 5.11 Å². The van der Waals surface area contributed by atoms with Crippen molar-refractivity contribution in [2.45, 2.75) is 76.9 Å². The Morgan fingerprint density at radius 2 is 2.06 bits per heavy atom. The smallest absolute Gasteiger partial charge is 0.0675 e. The average Bonchev–Trinajstić information content (AvgIpc) is 2.79. The van der Waals surface area contributed by atoms with Crippen molar-refractivity contribution in [2.24, 2.45) is 11.8 Å². The molecule has 2 fully saturated rings. The van der Waals surface area contributed by atoms with E-state index in [4.69, 9.17) is 4.74 Å². The number of hydrogen-bond acceptors (Lipinski definition) is 2. The van der Waals surface area contributed by atoms with Gasteiger partial charge in [-0.3, -0.25) is 0 Å². The van der Waals surface area contributed by atoms with Crippen molar-refractivity contribution in [1.82, 2.24) is 0 Å². The average molecular weight is 240 g/mol. The summed E-state index contributed by atoms with van der Waals surface area (Å²) < 4.78 is 5.64. The lowest BCUT2D eigenvalue weighted by molar-refractivity contribution is -0.0717. The zero-order valence-electron chi connectivity index (χ0n) is 11.5. The summed E-state index contributed by atoms with van der Waals surface area (Å²) in [7, 11) is 0. The van der Waals surface area contributed by atoms with Crippen LogP contribution in [-0.2, 0) is 4.74 Å². The van der Waals surface area contributed by atoms with Gasteiger partial charge in [-0.25, -0.2) is 0 Å². The minimum Gasteiger partial charge on any atom is -0.390 e. The third-order valence-electron chi connectivity index (χ3n) is 5.13. The third kappa shape index (κ3) is 3.23. The second-order valence-corrected chi connectivity index (χ2v) is 6.29. The van der Waals surface area contributed by atoms with Crippen molar-refractivity contribution >= 4 is 0 Å². The molecular formula is C15H28O2. The van der Waals surface area contributed by atoms with Gasteiger partial charge in [0, 0.05) is 6.61 Å². The normalized spacial score (nSPS) is 42.9. The molecule has 1 aliphatic carbocycles. The third-order valence-corrected chi connectivity index (χ3v) is 5.13. The van der Waals surface area contributed by atoms with Crippen LogP contribution < -0.4 is 0 Å². The summed E-state index contributed by atoms with van der Waals surface area (Å²) in [5.41, 5.74) is -0.393. The molecule has 2 rings (SSSR count). The van der Waals surface area contributed by atoms with Gasteiger partial charge in [0.25, 0.3) is 0 Å².